The molecular weight excluding hydrogens is 276 g/mol. The lowest BCUT2D eigenvalue weighted by molar-refractivity contribution is -0.142. The van der Waals surface area contributed by atoms with E-state index in [0.717, 1.165) is 11.3 Å². The van der Waals surface area contributed by atoms with Crippen molar-refractivity contribution in [3.63, 3.8) is 0 Å². The van der Waals surface area contributed by atoms with Crippen LogP contribution in [0.1, 0.15) is 23.6 Å². The van der Waals surface area contributed by atoms with Crippen LogP contribution >= 0.6 is 11.3 Å². The minimum Gasteiger partial charge on any atom is -0.481 e. The average molecular weight is 296 g/mol. The number of amides is 2. The molecule has 20 heavy (non-hydrogen) atoms. The van der Waals surface area contributed by atoms with Gasteiger partial charge in [0.15, 0.2) is 0 Å². The summed E-state index contributed by atoms with van der Waals surface area (Å²) >= 11 is 1.70. The number of thiophene rings is 1. The zero-order valence-corrected chi connectivity index (χ0v) is 12.6. The Morgan fingerprint density at radius 3 is 2.65 bits per heavy atom. The normalized spacial score (nSPS) is 22.0. The fraction of sp³-hybridized carbons (Fsp3) is 0.571. The van der Waals surface area contributed by atoms with Crippen LogP contribution in [0.2, 0.25) is 0 Å². The number of urea groups is 1. The van der Waals surface area contributed by atoms with Crippen LogP contribution in [-0.2, 0) is 17.8 Å². The van der Waals surface area contributed by atoms with E-state index in [1.54, 1.807) is 16.2 Å². The van der Waals surface area contributed by atoms with Gasteiger partial charge in [-0.05, 0) is 24.5 Å². The highest BCUT2D eigenvalue weighted by Crippen LogP contribution is 2.23. The van der Waals surface area contributed by atoms with Crippen molar-refractivity contribution >= 4 is 23.3 Å². The molecule has 2 heterocycles. The summed E-state index contributed by atoms with van der Waals surface area (Å²) in [6, 6.07) is 3.92. The van der Waals surface area contributed by atoms with Crippen molar-refractivity contribution in [1.82, 2.24) is 10.2 Å². The Morgan fingerprint density at radius 2 is 2.10 bits per heavy atom. The molecule has 2 atom stereocenters. The molecule has 110 valence electrons. The largest absolute Gasteiger partial charge is 0.481 e. The molecule has 1 saturated heterocycles. The van der Waals surface area contributed by atoms with Crippen LogP contribution in [0.5, 0.6) is 0 Å². The smallest absolute Gasteiger partial charge is 0.317 e. The van der Waals surface area contributed by atoms with Crippen molar-refractivity contribution in [2.24, 2.45) is 11.8 Å². The number of hydrogen-bond donors (Lipinski definition) is 2. The summed E-state index contributed by atoms with van der Waals surface area (Å²) in [5.74, 6) is -1.26. The maximum absolute atomic E-state index is 12.0. The number of hydrogen-bond acceptors (Lipinski definition) is 3. The highest BCUT2D eigenvalue weighted by molar-refractivity contribution is 7.11. The molecule has 1 aliphatic rings. The molecule has 2 rings (SSSR count). The summed E-state index contributed by atoms with van der Waals surface area (Å²) in [6.07, 6.45) is 1.00. The molecule has 2 N–H and O–H groups in total. The molecule has 0 radical (unpaired) electrons. The zero-order valence-electron chi connectivity index (χ0n) is 11.8. The highest BCUT2D eigenvalue weighted by Gasteiger charge is 2.36. The van der Waals surface area contributed by atoms with E-state index in [1.807, 2.05) is 13.0 Å². The Morgan fingerprint density at radius 1 is 1.40 bits per heavy atom. The van der Waals surface area contributed by atoms with Crippen LogP contribution in [0.3, 0.4) is 0 Å². The Hall–Kier alpha value is -1.56. The molecule has 1 aromatic rings. The van der Waals surface area contributed by atoms with Gasteiger partial charge in [0.25, 0.3) is 0 Å². The second kappa shape index (κ2) is 6.26. The van der Waals surface area contributed by atoms with Crippen molar-refractivity contribution < 1.29 is 14.7 Å². The van der Waals surface area contributed by atoms with Gasteiger partial charge in [0.2, 0.25) is 0 Å². The molecule has 0 saturated carbocycles. The molecule has 2 unspecified atom stereocenters. The maximum atomic E-state index is 12.0. The molecule has 0 aromatic carbocycles. The van der Waals surface area contributed by atoms with Gasteiger partial charge in [-0.1, -0.05) is 13.8 Å². The van der Waals surface area contributed by atoms with E-state index >= 15 is 0 Å². The van der Waals surface area contributed by atoms with Gasteiger partial charge in [-0.25, -0.2) is 4.79 Å². The van der Waals surface area contributed by atoms with Crippen LogP contribution in [0, 0.1) is 11.8 Å². The van der Waals surface area contributed by atoms with Crippen LogP contribution < -0.4 is 5.32 Å². The minimum absolute atomic E-state index is 0.00619. The molecule has 2 amide bonds. The first-order chi connectivity index (χ1) is 9.51. The molecule has 6 heteroatoms. The van der Waals surface area contributed by atoms with E-state index in [2.05, 4.69) is 18.3 Å². The Balaban J connectivity index is 1.85. The van der Waals surface area contributed by atoms with E-state index in [4.69, 9.17) is 5.11 Å². The van der Waals surface area contributed by atoms with Gasteiger partial charge in [0.05, 0.1) is 12.5 Å². The van der Waals surface area contributed by atoms with Gasteiger partial charge in [0.1, 0.15) is 0 Å². The van der Waals surface area contributed by atoms with Crippen LogP contribution in [0.4, 0.5) is 4.79 Å². The lowest BCUT2D eigenvalue weighted by Gasteiger charge is -2.16. The fourth-order valence-electron chi connectivity index (χ4n) is 2.44. The third kappa shape index (κ3) is 3.30. The number of aliphatic carboxylic acids is 1. The van der Waals surface area contributed by atoms with E-state index in [0.29, 0.717) is 19.6 Å². The standard InChI is InChI=1S/C14H20N2O3S/c1-3-10-4-5-11(20-10)6-15-14(19)16-7-9(2)12(8-16)13(17)18/h4-5,9,12H,3,6-8H2,1-2H3,(H,15,19)(H,17,18). The maximum Gasteiger partial charge on any atom is 0.317 e. The monoisotopic (exact) mass is 296 g/mol. The predicted molar refractivity (Wildman–Crippen MR) is 77.8 cm³/mol. The van der Waals surface area contributed by atoms with Crippen LogP contribution in [-0.4, -0.2) is 35.1 Å². The first-order valence-electron chi connectivity index (χ1n) is 6.84. The van der Waals surface area contributed by atoms with Gasteiger partial charge in [-0.2, -0.15) is 0 Å². The number of likely N-dealkylation sites (tertiary alicyclic amines) is 1. The van der Waals surface area contributed by atoms with Crippen molar-refractivity contribution in [2.75, 3.05) is 13.1 Å². The third-order valence-corrected chi connectivity index (χ3v) is 4.93. The van der Waals surface area contributed by atoms with Crippen LogP contribution in [0.15, 0.2) is 12.1 Å². The number of nitrogens with zero attached hydrogens (tertiary/aromatic N) is 1. The molecule has 1 fully saturated rings. The van der Waals surface area contributed by atoms with Crippen molar-refractivity contribution in [3.8, 4) is 0 Å². The lowest BCUT2D eigenvalue weighted by atomic mass is 9.99. The molecular formula is C14H20N2O3S. The Labute approximate surface area is 122 Å². The first-order valence-corrected chi connectivity index (χ1v) is 7.66. The number of rotatable bonds is 4. The highest BCUT2D eigenvalue weighted by atomic mass is 32.1. The number of carbonyl (C=O) groups is 2. The molecule has 1 aromatic heterocycles. The number of carboxylic acids is 1. The topological polar surface area (TPSA) is 69.6 Å². The Kier molecular flexibility index (Phi) is 4.65. The van der Waals surface area contributed by atoms with Crippen molar-refractivity contribution in [1.29, 1.82) is 0 Å². The minimum atomic E-state index is -0.821. The molecule has 0 spiro atoms. The van der Waals surface area contributed by atoms with Crippen molar-refractivity contribution in [3.05, 3.63) is 21.9 Å². The number of nitrogens with one attached hydrogen (secondary N) is 1. The lowest BCUT2D eigenvalue weighted by Crippen LogP contribution is -2.38. The van der Waals surface area contributed by atoms with E-state index in [9.17, 15) is 9.59 Å². The first kappa shape index (κ1) is 14.8. The predicted octanol–water partition coefficient (Wildman–Crippen LogP) is 2.17. The van der Waals surface area contributed by atoms with Gasteiger partial charge < -0.3 is 15.3 Å². The summed E-state index contributed by atoms with van der Waals surface area (Å²) in [5, 5.41) is 11.9. The van der Waals surface area contributed by atoms with E-state index in [1.165, 1.54) is 4.88 Å². The number of carboxylic acid groups (broad SMARTS) is 1. The second-order valence-corrected chi connectivity index (χ2v) is 6.46. The van der Waals surface area contributed by atoms with Gasteiger partial charge in [-0.15, -0.1) is 11.3 Å². The van der Waals surface area contributed by atoms with Crippen LogP contribution in [0.25, 0.3) is 0 Å². The summed E-state index contributed by atoms with van der Waals surface area (Å²) in [5.41, 5.74) is 0. The van der Waals surface area contributed by atoms with Crippen molar-refractivity contribution in [2.45, 2.75) is 26.8 Å². The van der Waals surface area contributed by atoms with Gasteiger partial charge in [-0.3, -0.25) is 4.79 Å². The summed E-state index contributed by atoms with van der Waals surface area (Å²) < 4.78 is 0. The summed E-state index contributed by atoms with van der Waals surface area (Å²) in [6.45, 7) is 5.29. The number of aryl methyl sites for hydroxylation is 1. The average Bonchev–Trinajstić information content (AvgIpc) is 3.02. The van der Waals surface area contributed by atoms with Gasteiger partial charge >= 0.3 is 12.0 Å². The molecule has 1 aliphatic heterocycles. The SMILES string of the molecule is CCc1ccc(CNC(=O)N2CC(C)C(C(=O)O)C2)s1. The zero-order chi connectivity index (χ0) is 14.7. The second-order valence-electron chi connectivity index (χ2n) is 5.21. The summed E-state index contributed by atoms with van der Waals surface area (Å²) in [7, 11) is 0. The molecule has 5 nitrogen and oxygen atoms in total. The number of carbonyl (C=O) groups excluding carboxylic acids is 1. The molecule has 0 aliphatic carbocycles. The Bertz CT molecular complexity index is 500. The molecule has 0 bridgehead atoms. The van der Waals surface area contributed by atoms with Gasteiger partial charge in [0, 0.05) is 22.8 Å². The summed E-state index contributed by atoms with van der Waals surface area (Å²) in [4.78, 5) is 27.1. The quantitative estimate of drug-likeness (QED) is 0.894. The third-order valence-electron chi connectivity index (χ3n) is 3.70. The van der Waals surface area contributed by atoms with E-state index < -0.39 is 11.9 Å². The van der Waals surface area contributed by atoms with E-state index in [-0.39, 0.29) is 11.9 Å². The fourth-order valence-corrected chi connectivity index (χ4v) is 3.33.